The minimum absolute atomic E-state index is 0.0439. The van der Waals surface area contributed by atoms with E-state index in [2.05, 4.69) is 106 Å². The molecule has 1 aliphatic rings. The molecule has 12 nitrogen and oxygen atoms in total. The maximum absolute atomic E-state index is 13.1. The number of unbranched alkanes of at least 4 members (excludes halogenated alkanes) is 19. The van der Waals surface area contributed by atoms with Crippen LogP contribution in [-0.4, -0.2) is 89.2 Å². The Morgan fingerprint density at radius 3 is 1.33 bits per heavy atom. The second-order valence-electron chi connectivity index (χ2n) is 19.2. The van der Waals surface area contributed by atoms with Crippen LogP contribution in [0, 0.1) is 0 Å². The van der Waals surface area contributed by atoms with Crippen LogP contribution in [0.25, 0.3) is 0 Å². The van der Waals surface area contributed by atoms with Gasteiger partial charge in [0.05, 0.1) is 6.61 Å². The number of hydrogen-bond donors (Lipinski definition) is 3. The van der Waals surface area contributed by atoms with E-state index >= 15 is 0 Å². The van der Waals surface area contributed by atoms with Crippen molar-refractivity contribution in [2.24, 2.45) is 0 Å². The first-order chi connectivity index (χ1) is 35.6. The fourth-order valence-electron chi connectivity index (χ4n) is 8.08. The van der Waals surface area contributed by atoms with Crippen molar-refractivity contribution in [1.82, 2.24) is 0 Å². The van der Waals surface area contributed by atoms with E-state index in [0.717, 1.165) is 148 Å². The monoisotopic (exact) mass is 1020 g/mol. The molecule has 0 amide bonds. The lowest BCUT2D eigenvalue weighted by atomic mass is 9.98. The Labute approximate surface area is 441 Å². The third-order valence-corrected chi connectivity index (χ3v) is 12.4. The molecule has 0 spiro atoms. The molecule has 1 aliphatic heterocycles. The van der Waals surface area contributed by atoms with Crippen molar-refractivity contribution in [3.63, 3.8) is 0 Å². The number of esters is 3. The molecule has 1 rings (SSSR count). The number of aliphatic hydroxyl groups is 2. The predicted molar refractivity (Wildman–Crippen MR) is 294 cm³/mol. The third-order valence-electron chi connectivity index (χ3n) is 12.4. The van der Waals surface area contributed by atoms with Crippen LogP contribution in [0.5, 0.6) is 0 Å². The Kier molecular flexibility index (Phi) is 44.7. The van der Waals surface area contributed by atoms with Crippen molar-refractivity contribution in [3.05, 3.63) is 85.1 Å². The van der Waals surface area contributed by atoms with Gasteiger partial charge in [-0.3, -0.25) is 14.4 Å². The third kappa shape index (κ3) is 39.0. The number of rotatable bonds is 47. The average molecular weight is 1030 g/mol. The molecule has 1 saturated heterocycles. The summed E-state index contributed by atoms with van der Waals surface area (Å²) < 4.78 is 28.3. The van der Waals surface area contributed by atoms with Gasteiger partial charge >= 0.3 is 23.9 Å². The first kappa shape index (κ1) is 66.9. The number of aliphatic hydroxyl groups excluding tert-OH is 2. The van der Waals surface area contributed by atoms with Gasteiger partial charge in [0.1, 0.15) is 18.8 Å². The molecular formula is C61H100O12. The molecule has 12 heteroatoms. The summed E-state index contributed by atoms with van der Waals surface area (Å²) in [5, 5.41) is 31.4. The van der Waals surface area contributed by atoms with E-state index < -0.39 is 67.3 Å². The number of carboxylic acids is 1. The summed E-state index contributed by atoms with van der Waals surface area (Å²) in [5.41, 5.74) is 0. The molecule has 416 valence electrons. The van der Waals surface area contributed by atoms with Crippen molar-refractivity contribution in [2.45, 2.75) is 263 Å². The van der Waals surface area contributed by atoms with E-state index in [1.807, 2.05) is 0 Å². The van der Waals surface area contributed by atoms with Crippen molar-refractivity contribution < 1.29 is 58.2 Å². The summed E-state index contributed by atoms with van der Waals surface area (Å²) in [5.74, 6) is -3.17. The van der Waals surface area contributed by atoms with Gasteiger partial charge in [-0.05, 0) is 103 Å². The van der Waals surface area contributed by atoms with Crippen LogP contribution in [-0.2, 0) is 42.9 Å². The molecule has 0 aromatic carbocycles. The molecule has 0 aromatic heterocycles. The van der Waals surface area contributed by atoms with E-state index in [0.29, 0.717) is 19.3 Å². The highest BCUT2D eigenvalue weighted by Gasteiger charge is 2.50. The molecule has 0 bridgehead atoms. The summed E-state index contributed by atoms with van der Waals surface area (Å²) in [6.07, 6.45) is 49.9. The highest BCUT2D eigenvalue weighted by molar-refractivity contribution is 5.74. The second kappa shape index (κ2) is 48.8. The van der Waals surface area contributed by atoms with Gasteiger partial charge in [-0.25, -0.2) is 4.79 Å². The van der Waals surface area contributed by atoms with Gasteiger partial charge in [0.25, 0.3) is 0 Å². The Balaban J connectivity index is 2.72. The maximum Gasteiger partial charge on any atom is 0.335 e. The molecule has 3 N–H and O–H groups in total. The van der Waals surface area contributed by atoms with Gasteiger partial charge in [-0.15, -0.1) is 0 Å². The number of aliphatic carboxylic acids is 1. The van der Waals surface area contributed by atoms with E-state index in [1.54, 1.807) is 0 Å². The minimum atomic E-state index is -1.91. The molecule has 1 fully saturated rings. The fraction of sp³-hybridized carbons (Fsp3) is 0.705. The van der Waals surface area contributed by atoms with E-state index in [4.69, 9.17) is 23.7 Å². The molecule has 1 heterocycles. The molecule has 73 heavy (non-hydrogen) atoms. The van der Waals surface area contributed by atoms with Gasteiger partial charge in [-0.1, -0.05) is 189 Å². The maximum atomic E-state index is 13.1. The number of carboxylic acid groups (broad SMARTS) is 1. The lowest BCUT2D eigenvalue weighted by Gasteiger charge is -2.40. The topological polar surface area (TPSA) is 175 Å². The molecule has 6 unspecified atom stereocenters. The number of carbonyl (C=O) groups excluding carboxylic acids is 3. The van der Waals surface area contributed by atoms with Crippen LogP contribution in [0.15, 0.2) is 85.1 Å². The first-order valence-corrected chi connectivity index (χ1v) is 28.6. The largest absolute Gasteiger partial charge is 0.479 e. The van der Waals surface area contributed by atoms with Gasteiger partial charge in [0, 0.05) is 19.3 Å². The smallest absolute Gasteiger partial charge is 0.335 e. The van der Waals surface area contributed by atoms with Crippen LogP contribution >= 0.6 is 0 Å². The summed E-state index contributed by atoms with van der Waals surface area (Å²) >= 11 is 0. The van der Waals surface area contributed by atoms with Crippen LogP contribution in [0.1, 0.15) is 226 Å². The normalized spacial score (nSPS) is 18.9. The molecule has 0 saturated carbocycles. The molecular weight excluding hydrogens is 925 g/mol. The van der Waals surface area contributed by atoms with E-state index in [-0.39, 0.29) is 25.9 Å². The zero-order valence-corrected chi connectivity index (χ0v) is 45.6. The predicted octanol–water partition coefficient (Wildman–Crippen LogP) is 14.3. The van der Waals surface area contributed by atoms with Crippen molar-refractivity contribution in [2.75, 3.05) is 13.2 Å². The zero-order chi connectivity index (χ0) is 53.3. The van der Waals surface area contributed by atoms with Gasteiger partial charge in [0.15, 0.2) is 24.6 Å². The Bertz CT molecular complexity index is 1590. The highest BCUT2D eigenvalue weighted by Crippen LogP contribution is 2.26. The molecule has 0 aromatic rings. The van der Waals surface area contributed by atoms with Crippen LogP contribution in [0.4, 0.5) is 0 Å². The summed E-state index contributed by atoms with van der Waals surface area (Å²) in [6, 6.07) is 0. The standard InChI is InChI=1S/C61H100O12/c1-4-7-10-13-16-19-22-24-26-27-29-30-33-35-38-41-44-47-53(62)69-50-52(71-54(63)48-45-42-39-37-34-31-28-25-23-20-17-14-11-8-5-2)51-70-61-59(57(66)56(65)58(73-61)60(67)68)72-55(64)49-46-43-40-36-32-21-18-15-12-9-6-3/h7-8,10-11,15-20,24-26,28,52,56-59,61,65-66H,4-6,9,12-14,21-23,27,29-51H2,1-3H3,(H,67,68)/b10-7-,11-8-,18-15-,19-16-,20-17-,26-24-,28-25-. The number of carbonyl (C=O) groups is 4. The van der Waals surface area contributed by atoms with Crippen molar-refractivity contribution in [1.29, 1.82) is 0 Å². The van der Waals surface area contributed by atoms with Crippen LogP contribution in [0.2, 0.25) is 0 Å². The number of allylic oxidation sites excluding steroid dienone is 14. The number of ether oxygens (including phenoxy) is 5. The molecule has 6 atom stereocenters. The Morgan fingerprint density at radius 2 is 0.863 bits per heavy atom. The van der Waals surface area contributed by atoms with Crippen LogP contribution in [0.3, 0.4) is 0 Å². The van der Waals surface area contributed by atoms with Gasteiger partial charge < -0.3 is 39.0 Å². The SMILES string of the molecule is CC/C=C\C/C=C\C/C=C\CCCCCCCCCC(=O)OCC(COC1OC(C(=O)O)C(O)C(O)C1OC(=O)CCCCCCC/C=C\CCCC)OC(=O)CCCCCCC/C=C\C/C=C\C/C=C\CC. The van der Waals surface area contributed by atoms with E-state index in [9.17, 15) is 34.5 Å². The Morgan fingerprint density at radius 1 is 0.466 bits per heavy atom. The average Bonchev–Trinajstić information content (AvgIpc) is 3.37. The van der Waals surface area contributed by atoms with Crippen LogP contribution < -0.4 is 0 Å². The van der Waals surface area contributed by atoms with Crippen molar-refractivity contribution >= 4 is 23.9 Å². The summed E-state index contributed by atoms with van der Waals surface area (Å²) in [7, 11) is 0. The van der Waals surface area contributed by atoms with Gasteiger partial charge in [-0.2, -0.15) is 0 Å². The lowest BCUT2D eigenvalue weighted by Crippen LogP contribution is -2.61. The molecule has 0 aliphatic carbocycles. The van der Waals surface area contributed by atoms with E-state index in [1.165, 1.54) is 19.3 Å². The second-order valence-corrected chi connectivity index (χ2v) is 19.2. The van der Waals surface area contributed by atoms with Crippen molar-refractivity contribution in [3.8, 4) is 0 Å². The molecule has 0 radical (unpaired) electrons. The summed E-state index contributed by atoms with van der Waals surface area (Å²) in [6.45, 7) is 5.69. The minimum Gasteiger partial charge on any atom is -0.479 e. The highest BCUT2D eigenvalue weighted by atomic mass is 16.7. The van der Waals surface area contributed by atoms with Gasteiger partial charge in [0.2, 0.25) is 0 Å². The zero-order valence-electron chi connectivity index (χ0n) is 45.6. The first-order valence-electron chi connectivity index (χ1n) is 28.6. The number of hydrogen-bond acceptors (Lipinski definition) is 11. The fourth-order valence-corrected chi connectivity index (χ4v) is 8.08. The summed E-state index contributed by atoms with van der Waals surface area (Å²) in [4.78, 5) is 51.0. The Hall–Kier alpha value is -4.10. The lowest BCUT2D eigenvalue weighted by molar-refractivity contribution is -0.301. The quantitative estimate of drug-likeness (QED) is 0.0228.